The third-order valence-corrected chi connectivity index (χ3v) is 7.45. The van der Waals surface area contributed by atoms with Crippen molar-refractivity contribution < 1.29 is 28.0 Å². The monoisotopic (exact) mass is 481 g/mol. The number of halogens is 1. The highest BCUT2D eigenvalue weighted by molar-refractivity contribution is 7.91. The highest BCUT2D eigenvalue weighted by Crippen LogP contribution is 2.27. The molecule has 1 saturated heterocycles. The summed E-state index contributed by atoms with van der Waals surface area (Å²) in [6.45, 7) is 2.90. The van der Waals surface area contributed by atoms with Crippen molar-refractivity contribution in [2.45, 2.75) is 30.3 Å². The zero-order valence-electron chi connectivity index (χ0n) is 17.8. The van der Waals surface area contributed by atoms with E-state index < -0.39 is 39.1 Å². The molecule has 2 aromatic rings. The molecule has 1 aliphatic heterocycles. The van der Waals surface area contributed by atoms with Crippen molar-refractivity contribution in [2.75, 3.05) is 19.3 Å². The molecule has 1 fully saturated rings. The van der Waals surface area contributed by atoms with Crippen molar-refractivity contribution in [1.29, 1.82) is 0 Å². The van der Waals surface area contributed by atoms with Crippen LogP contribution in [0.5, 0.6) is 11.5 Å². The Morgan fingerprint density at radius 3 is 2.06 bits per heavy atom. The summed E-state index contributed by atoms with van der Waals surface area (Å²) in [4.78, 5) is 27.1. The van der Waals surface area contributed by atoms with Gasteiger partial charge in [-0.15, -0.1) is 0 Å². The maximum Gasteiger partial charge on any atom is 0.327 e. The molecular formula is C21H24ClN3O6S. The number of hydrogen-bond donors (Lipinski definition) is 2. The number of sulfone groups is 1. The van der Waals surface area contributed by atoms with Crippen LogP contribution in [0.15, 0.2) is 53.4 Å². The Balaban J connectivity index is 1.69. The number of nitrogens with zero attached hydrogens (tertiary/aromatic N) is 2. The number of hydroxylamine groups is 1. The Hall–Kier alpha value is -2.66. The number of amides is 3. The number of rotatable bonds is 8. The highest BCUT2D eigenvalue weighted by atomic mass is 35.5. The van der Waals surface area contributed by atoms with E-state index in [0.717, 1.165) is 4.90 Å². The van der Waals surface area contributed by atoms with Crippen molar-refractivity contribution in [3.8, 4) is 11.5 Å². The van der Waals surface area contributed by atoms with Gasteiger partial charge in [0.2, 0.25) is 0 Å². The van der Waals surface area contributed by atoms with Crippen LogP contribution in [-0.4, -0.2) is 66.3 Å². The Morgan fingerprint density at radius 2 is 1.59 bits per heavy atom. The van der Waals surface area contributed by atoms with E-state index in [1.165, 1.54) is 36.2 Å². The Morgan fingerprint density at radius 1 is 1.06 bits per heavy atom. The molecule has 0 aliphatic carbocycles. The molecule has 3 rings (SSSR count). The normalized spacial score (nSPS) is 17.0. The van der Waals surface area contributed by atoms with Crippen molar-refractivity contribution in [1.82, 2.24) is 15.3 Å². The maximum atomic E-state index is 12.8. The predicted octanol–water partition coefficient (Wildman–Crippen LogP) is 2.93. The van der Waals surface area contributed by atoms with E-state index in [1.807, 2.05) is 5.48 Å². The van der Waals surface area contributed by atoms with Gasteiger partial charge in [0.1, 0.15) is 17.0 Å². The molecule has 0 aromatic heterocycles. The van der Waals surface area contributed by atoms with Crippen molar-refractivity contribution >= 4 is 33.4 Å². The molecule has 1 unspecified atom stereocenters. The van der Waals surface area contributed by atoms with Gasteiger partial charge in [0.05, 0.1) is 16.7 Å². The third kappa shape index (κ3) is 4.88. The van der Waals surface area contributed by atoms with Crippen LogP contribution in [0, 0.1) is 0 Å². The lowest BCUT2D eigenvalue weighted by atomic mass is 10.1. The van der Waals surface area contributed by atoms with Crippen molar-refractivity contribution in [3.63, 3.8) is 0 Å². The van der Waals surface area contributed by atoms with Gasteiger partial charge in [-0.05, 0) is 62.4 Å². The zero-order chi connectivity index (χ0) is 23.7. The first-order chi connectivity index (χ1) is 15.0. The van der Waals surface area contributed by atoms with Crippen LogP contribution in [0.4, 0.5) is 4.79 Å². The second-order valence-electron chi connectivity index (χ2n) is 7.95. The summed E-state index contributed by atoms with van der Waals surface area (Å²) in [5.41, 5.74) is 0.862. The van der Waals surface area contributed by atoms with Gasteiger partial charge in [0, 0.05) is 18.6 Å². The summed E-state index contributed by atoms with van der Waals surface area (Å²) in [6.07, 6.45) is 0. The number of benzene rings is 2. The van der Waals surface area contributed by atoms with E-state index in [0.29, 0.717) is 16.5 Å². The van der Waals surface area contributed by atoms with Gasteiger partial charge in [-0.25, -0.2) is 13.2 Å². The predicted molar refractivity (Wildman–Crippen MR) is 118 cm³/mol. The van der Waals surface area contributed by atoms with Crippen LogP contribution in [0.25, 0.3) is 0 Å². The summed E-state index contributed by atoms with van der Waals surface area (Å²) >= 11 is 5.84. The van der Waals surface area contributed by atoms with Crippen molar-refractivity contribution in [3.05, 3.63) is 53.6 Å². The third-order valence-electron chi connectivity index (χ3n) is 5.36. The second kappa shape index (κ2) is 9.07. The number of carbonyl (C=O) groups is 2. The van der Waals surface area contributed by atoms with Crippen molar-refractivity contribution in [2.24, 2.45) is 0 Å². The fourth-order valence-electron chi connectivity index (χ4n) is 3.21. The minimum Gasteiger partial charge on any atom is -0.457 e. The van der Waals surface area contributed by atoms with E-state index >= 15 is 0 Å². The average molecular weight is 482 g/mol. The number of urea groups is 1. The molecular weight excluding hydrogens is 458 g/mol. The topological polar surface area (TPSA) is 116 Å². The molecule has 32 heavy (non-hydrogen) atoms. The van der Waals surface area contributed by atoms with Gasteiger partial charge in [-0.1, -0.05) is 11.6 Å². The van der Waals surface area contributed by atoms with Gasteiger partial charge in [-0.2, -0.15) is 5.48 Å². The Bertz CT molecular complexity index is 1100. The molecule has 3 amide bonds. The lowest BCUT2D eigenvalue weighted by Gasteiger charge is -2.22. The molecule has 0 radical (unpaired) electrons. The van der Waals surface area contributed by atoms with Gasteiger partial charge in [-0.3, -0.25) is 9.69 Å². The van der Waals surface area contributed by atoms with Gasteiger partial charge >= 0.3 is 6.03 Å². The van der Waals surface area contributed by atoms with E-state index in [2.05, 4.69) is 0 Å². The summed E-state index contributed by atoms with van der Waals surface area (Å²) in [6, 6.07) is 10.9. The molecule has 11 heteroatoms. The molecule has 0 spiro atoms. The average Bonchev–Trinajstić information content (AvgIpc) is 2.90. The summed E-state index contributed by atoms with van der Waals surface area (Å²) in [5, 5.41) is 10.1. The van der Waals surface area contributed by atoms with Gasteiger partial charge in [0.25, 0.3) is 5.91 Å². The van der Waals surface area contributed by atoms with E-state index in [4.69, 9.17) is 16.3 Å². The number of likely N-dealkylation sites (N-methyl/N-ethyl adjacent to an activating group) is 1. The van der Waals surface area contributed by atoms with E-state index in [-0.39, 0.29) is 11.4 Å². The number of nitrogens with one attached hydrogen (secondary N) is 1. The first kappa shape index (κ1) is 24.0. The molecule has 9 nitrogen and oxygen atoms in total. The summed E-state index contributed by atoms with van der Waals surface area (Å²) in [5.74, 6) is -0.0161. The first-order valence-corrected chi connectivity index (χ1v) is 11.7. The number of hydrogen-bond acceptors (Lipinski definition) is 7. The molecule has 1 aliphatic rings. The molecule has 172 valence electrons. The molecule has 0 bridgehead atoms. The second-order valence-corrected chi connectivity index (χ2v) is 10.4. The van der Waals surface area contributed by atoms with Gasteiger partial charge in [0.15, 0.2) is 9.84 Å². The van der Waals surface area contributed by atoms with E-state index in [1.54, 1.807) is 38.1 Å². The van der Waals surface area contributed by atoms with Crippen LogP contribution in [0.2, 0.25) is 5.02 Å². The van der Waals surface area contributed by atoms with Crippen LogP contribution in [0.1, 0.15) is 13.8 Å². The lowest BCUT2D eigenvalue weighted by Crippen LogP contribution is -2.47. The number of ether oxygens (including phenoxy) is 1. The summed E-state index contributed by atoms with van der Waals surface area (Å²) < 4.78 is 31.3. The number of carbonyl (C=O) groups excluding carboxylic acids is 2. The fraction of sp³-hybridized carbons (Fsp3) is 0.333. The van der Waals surface area contributed by atoms with Crippen LogP contribution in [0.3, 0.4) is 0 Å². The summed E-state index contributed by atoms with van der Waals surface area (Å²) in [7, 11) is -2.35. The molecule has 0 saturated carbocycles. The smallest absolute Gasteiger partial charge is 0.327 e. The van der Waals surface area contributed by atoms with Gasteiger partial charge < -0.3 is 14.8 Å². The Labute approximate surface area is 191 Å². The van der Waals surface area contributed by atoms with Crippen LogP contribution >= 0.6 is 11.6 Å². The minimum absolute atomic E-state index is 0.0118. The highest BCUT2D eigenvalue weighted by Gasteiger charge is 2.49. The Kier molecular flexibility index (Phi) is 6.80. The fourth-order valence-corrected chi connectivity index (χ4v) is 4.79. The lowest BCUT2D eigenvalue weighted by molar-refractivity contribution is -0.132. The maximum absolute atomic E-state index is 12.8. The molecule has 2 N–H and O–H groups in total. The van der Waals surface area contributed by atoms with Crippen LogP contribution < -0.4 is 10.2 Å². The standard InChI is InChI=1S/C21H24ClN3O6S/c1-21(2)19(26)25(20(27)24(21)3)12-15(23-28)13-32(29,30)18-10-8-17(9-11-18)31-16-6-4-14(22)5-7-16/h4-11,15,23,28H,12-13H2,1-3H3. The largest absolute Gasteiger partial charge is 0.457 e. The molecule has 2 aromatic carbocycles. The number of imide groups is 1. The quantitative estimate of drug-likeness (QED) is 0.439. The van der Waals surface area contributed by atoms with E-state index in [9.17, 15) is 23.2 Å². The first-order valence-electron chi connectivity index (χ1n) is 9.71. The van der Waals surface area contributed by atoms with Crippen LogP contribution in [-0.2, 0) is 14.6 Å². The molecule has 1 atom stereocenters. The molecule has 1 heterocycles. The zero-order valence-corrected chi connectivity index (χ0v) is 19.4. The minimum atomic E-state index is -3.84. The SMILES string of the molecule is CN1C(=O)N(CC(CS(=O)(=O)c2ccc(Oc3ccc(Cl)cc3)cc2)NO)C(=O)C1(C)C.